The molecule has 0 fully saturated rings. The van der Waals surface area contributed by atoms with Crippen LogP contribution < -0.4 is 4.74 Å². The van der Waals surface area contributed by atoms with E-state index in [0.717, 1.165) is 24.2 Å². The van der Waals surface area contributed by atoms with Crippen LogP contribution in [0.3, 0.4) is 0 Å². The Morgan fingerprint density at radius 3 is 2.65 bits per heavy atom. The highest BCUT2D eigenvalue weighted by atomic mass is 16.5. The first-order valence-corrected chi connectivity index (χ1v) is 5.65. The van der Waals surface area contributed by atoms with Crippen molar-refractivity contribution in [1.82, 2.24) is 0 Å². The molecule has 0 bridgehead atoms. The van der Waals surface area contributed by atoms with Gasteiger partial charge in [0.25, 0.3) is 0 Å². The van der Waals surface area contributed by atoms with Crippen molar-refractivity contribution in [3.63, 3.8) is 0 Å². The Hall–Kier alpha value is -1.77. The minimum Gasteiger partial charge on any atom is -0.494 e. The summed E-state index contributed by atoms with van der Waals surface area (Å²) in [6.07, 6.45) is 4.10. The number of hydrogen-bond acceptors (Lipinski definition) is 3. The van der Waals surface area contributed by atoms with Crippen LogP contribution in [-0.2, 0) is 16.0 Å². The fourth-order valence-electron chi connectivity index (χ4n) is 1.36. The van der Waals surface area contributed by atoms with Crippen LogP contribution in [0, 0.1) is 0 Å². The number of rotatable bonds is 7. The van der Waals surface area contributed by atoms with E-state index in [1.54, 1.807) is 0 Å². The van der Waals surface area contributed by atoms with Crippen molar-refractivity contribution in [2.75, 3.05) is 13.7 Å². The summed E-state index contributed by atoms with van der Waals surface area (Å²) in [4.78, 5) is 11.0. The number of unbranched alkanes of at least 4 members (excludes halogenated alkanes) is 1. The van der Waals surface area contributed by atoms with Crippen LogP contribution in [0.2, 0.25) is 0 Å². The molecule has 0 radical (unpaired) electrons. The Kier molecular flexibility index (Phi) is 5.86. The molecule has 0 aliphatic rings. The molecule has 1 aromatic rings. The third-order valence-corrected chi connectivity index (χ3v) is 2.32. The topological polar surface area (TPSA) is 35.5 Å². The smallest absolute Gasteiger partial charge is 0.309 e. The molecule has 0 aliphatic heterocycles. The third kappa shape index (κ3) is 5.20. The molecule has 0 saturated carbocycles. The Morgan fingerprint density at radius 2 is 2.06 bits per heavy atom. The number of esters is 1. The lowest BCUT2D eigenvalue weighted by atomic mass is 10.1. The van der Waals surface area contributed by atoms with Gasteiger partial charge in [0.2, 0.25) is 0 Å². The number of carbonyl (C=O) groups excluding carboxylic acids is 1. The predicted molar refractivity (Wildman–Crippen MR) is 67.1 cm³/mol. The normalized spacial score (nSPS) is 9.71. The fourth-order valence-corrected chi connectivity index (χ4v) is 1.36. The van der Waals surface area contributed by atoms with Crippen molar-refractivity contribution < 1.29 is 14.3 Å². The molecular weight excluding hydrogens is 216 g/mol. The van der Waals surface area contributed by atoms with E-state index >= 15 is 0 Å². The highest BCUT2D eigenvalue weighted by Gasteiger charge is 2.02. The van der Waals surface area contributed by atoms with Crippen LogP contribution in [-0.4, -0.2) is 19.7 Å². The first kappa shape index (κ1) is 13.3. The van der Waals surface area contributed by atoms with Crippen LogP contribution in [0.4, 0.5) is 0 Å². The van der Waals surface area contributed by atoms with Gasteiger partial charge in [-0.25, -0.2) is 0 Å². The number of methoxy groups -OCH3 is 1. The maximum absolute atomic E-state index is 11.0. The van der Waals surface area contributed by atoms with E-state index in [2.05, 4.69) is 11.3 Å². The molecule has 3 heteroatoms. The molecule has 0 unspecified atom stereocenters. The average Bonchev–Trinajstić information content (AvgIpc) is 2.36. The zero-order valence-corrected chi connectivity index (χ0v) is 10.1. The highest BCUT2D eigenvalue weighted by molar-refractivity contribution is 5.72. The molecule has 1 aromatic carbocycles. The quantitative estimate of drug-likeness (QED) is 0.413. The molecule has 0 saturated heterocycles. The van der Waals surface area contributed by atoms with Crippen LogP contribution in [0.25, 0.3) is 0 Å². The summed E-state index contributed by atoms with van der Waals surface area (Å²) in [6.45, 7) is 4.34. The second-order valence-corrected chi connectivity index (χ2v) is 3.68. The molecule has 0 atom stereocenters. The molecule has 0 N–H and O–H groups in total. The van der Waals surface area contributed by atoms with Gasteiger partial charge in [-0.2, -0.15) is 0 Å². The first-order chi connectivity index (χ1) is 8.26. The van der Waals surface area contributed by atoms with Crippen LogP contribution in [0.1, 0.15) is 18.4 Å². The van der Waals surface area contributed by atoms with E-state index in [9.17, 15) is 4.79 Å². The lowest BCUT2D eigenvalue weighted by Crippen LogP contribution is -2.04. The summed E-state index contributed by atoms with van der Waals surface area (Å²) in [6, 6.07) is 7.48. The van der Waals surface area contributed by atoms with E-state index < -0.39 is 0 Å². The highest BCUT2D eigenvalue weighted by Crippen LogP contribution is 2.13. The first-order valence-electron chi connectivity index (χ1n) is 5.65. The molecule has 0 aromatic heterocycles. The Bertz CT molecular complexity index is 354. The fraction of sp³-hybridized carbons (Fsp3) is 0.357. The van der Waals surface area contributed by atoms with Crippen LogP contribution in [0.15, 0.2) is 36.9 Å². The second kappa shape index (κ2) is 7.49. The largest absolute Gasteiger partial charge is 0.494 e. The van der Waals surface area contributed by atoms with E-state index in [0.29, 0.717) is 13.0 Å². The van der Waals surface area contributed by atoms with Crippen molar-refractivity contribution in [3.8, 4) is 5.75 Å². The summed E-state index contributed by atoms with van der Waals surface area (Å²) < 4.78 is 10.1. The van der Waals surface area contributed by atoms with Gasteiger partial charge in [-0.15, -0.1) is 6.58 Å². The second-order valence-electron chi connectivity index (χ2n) is 3.68. The van der Waals surface area contributed by atoms with Gasteiger partial charge >= 0.3 is 5.97 Å². The number of benzene rings is 1. The van der Waals surface area contributed by atoms with Gasteiger partial charge in [0, 0.05) is 0 Å². The van der Waals surface area contributed by atoms with Gasteiger partial charge in [-0.1, -0.05) is 18.2 Å². The number of ether oxygens (including phenoxy) is 2. The third-order valence-electron chi connectivity index (χ3n) is 2.32. The molecule has 0 heterocycles. The predicted octanol–water partition coefficient (Wildman–Crippen LogP) is 2.75. The maximum atomic E-state index is 11.0. The van der Waals surface area contributed by atoms with Gasteiger partial charge in [0.1, 0.15) is 5.75 Å². The van der Waals surface area contributed by atoms with Crippen molar-refractivity contribution in [1.29, 1.82) is 0 Å². The minimum absolute atomic E-state index is 0.232. The summed E-state index contributed by atoms with van der Waals surface area (Å²) in [7, 11) is 1.39. The van der Waals surface area contributed by atoms with Gasteiger partial charge in [-0.05, 0) is 30.5 Å². The summed E-state index contributed by atoms with van der Waals surface area (Å²) in [5.74, 6) is 0.590. The van der Waals surface area contributed by atoms with E-state index in [4.69, 9.17) is 4.74 Å². The Morgan fingerprint density at radius 1 is 1.35 bits per heavy atom. The molecule has 1 rings (SSSR count). The molecule has 0 spiro atoms. The van der Waals surface area contributed by atoms with Gasteiger partial charge in [0.15, 0.2) is 0 Å². The monoisotopic (exact) mass is 234 g/mol. The SMILES string of the molecule is C=CCCCOc1ccc(CC(=O)OC)cc1. The lowest BCUT2D eigenvalue weighted by Gasteiger charge is -2.06. The molecule has 92 valence electrons. The summed E-state index contributed by atoms with van der Waals surface area (Å²) in [5, 5.41) is 0. The van der Waals surface area contributed by atoms with E-state index in [1.165, 1.54) is 7.11 Å². The van der Waals surface area contributed by atoms with Crippen molar-refractivity contribution in [2.45, 2.75) is 19.3 Å². The van der Waals surface area contributed by atoms with Gasteiger partial charge in [0.05, 0.1) is 20.1 Å². The van der Waals surface area contributed by atoms with Gasteiger partial charge in [-0.3, -0.25) is 4.79 Å². The minimum atomic E-state index is -0.232. The van der Waals surface area contributed by atoms with E-state index in [1.807, 2.05) is 30.3 Å². The summed E-state index contributed by atoms with van der Waals surface area (Å²) >= 11 is 0. The Labute approximate surface area is 102 Å². The molecule has 0 aliphatic carbocycles. The summed E-state index contributed by atoms with van der Waals surface area (Å²) in [5.41, 5.74) is 0.926. The molecule has 0 amide bonds. The lowest BCUT2D eigenvalue weighted by molar-refractivity contribution is -0.139. The zero-order valence-electron chi connectivity index (χ0n) is 10.1. The maximum Gasteiger partial charge on any atom is 0.309 e. The van der Waals surface area contributed by atoms with Crippen LogP contribution >= 0.6 is 0 Å². The number of hydrogen-bond donors (Lipinski definition) is 0. The van der Waals surface area contributed by atoms with Crippen LogP contribution in [0.5, 0.6) is 5.75 Å². The van der Waals surface area contributed by atoms with Crippen molar-refractivity contribution in [2.24, 2.45) is 0 Å². The molecule has 3 nitrogen and oxygen atoms in total. The van der Waals surface area contributed by atoms with Crippen molar-refractivity contribution >= 4 is 5.97 Å². The molecule has 17 heavy (non-hydrogen) atoms. The molecular formula is C14H18O3. The number of carbonyl (C=O) groups is 1. The van der Waals surface area contributed by atoms with E-state index in [-0.39, 0.29) is 5.97 Å². The zero-order chi connectivity index (χ0) is 12.5. The van der Waals surface area contributed by atoms with Gasteiger partial charge < -0.3 is 9.47 Å². The van der Waals surface area contributed by atoms with Crippen molar-refractivity contribution in [3.05, 3.63) is 42.5 Å². The Balaban J connectivity index is 2.39. The number of allylic oxidation sites excluding steroid dienone is 1. The average molecular weight is 234 g/mol. The standard InChI is InChI=1S/C14H18O3/c1-3-4-5-10-17-13-8-6-12(7-9-13)11-14(15)16-2/h3,6-9H,1,4-5,10-11H2,2H3.